The Hall–Kier alpha value is -2.62. The summed E-state index contributed by atoms with van der Waals surface area (Å²) >= 11 is 6.25. The first-order valence-electron chi connectivity index (χ1n) is 9.38. The van der Waals surface area contributed by atoms with Crippen LogP contribution in [0.2, 0.25) is 5.02 Å². The summed E-state index contributed by atoms with van der Waals surface area (Å²) < 4.78 is 15.4. The maximum atomic E-state index is 13.3. The SMILES string of the molecule is CN(CCc1cn(-c2ccc(F)cc2)c2cc(Cl)ccc12)Cc1ccccc1. The van der Waals surface area contributed by atoms with E-state index in [1.165, 1.54) is 28.6 Å². The Morgan fingerprint density at radius 3 is 2.46 bits per heavy atom. The van der Waals surface area contributed by atoms with Crippen LogP contribution in [0.15, 0.2) is 79.0 Å². The zero-order valence-corrected chi connectivity index (χ0v) is 16.5. The van der Waals surface area contributed by atoms with Gasteiger partial charge in [0.2, 0.25) is 0 Å². The molecule has 0 aliphatic heterocycles. The molecule has 0 atom stereocenters. The van der Waals surface area contributed by atoms with E-state index in [0.29, 0.717) is 5.02 Å². The molecule has 4 aromatic rings. The van der Waals surface area contributed by atoms with E-state index in [1.54, 1.807) is 12.1 Å². The van der Waals surface area contributed by atoms with Gasteiger partial charge in [0.05, 0.1) is 5.52 Å². The second-order valence-corrected chi connectivity index (χ2v) is 7.57. The highest BCUT2D eigenvalue weighted by Gasteiger charge is 2.12. The van der Waals surface area contributed by atoms with Crippen LogP contribution >= 0.6 is 11.6 Å². The predicted molar refractivity (Wildman–Crippen MR) is 115 cm³/mol. The molecule has 0 bridgehead atoms. The molecule has 0 aliphatic rings. The molecule has 4 heteroatoms. The Kier molecular flexibility index (Phi) is 5.47. The number of benzene rings is 3. The van der Waals surface area contributed by atoms with Crippen molar-refractivity contribution < 1.29 is 4.39 Å². The van der Waals surface area contributed by atoms with Crippen LogP contribution in [-0.2, 0) is 13.0 Å². The molecule has 0 saturated heterocycles. The van der Waals surface area contributed by atoms with E-state index in [1.807, 2.05) is 18.2 Å². The van der Waals surface area contributed by atoms with Crippen molar-refractivity contribution in [3.8, 4) is 5.69 Å². The fourth-order valence-electron chi connectivity index (χ4n) is 3.57. The van der Waals surface area contributed by atoms with E-state index in [4.69, 9.17) is 11.6 Å². The first-order valence-corrected chi connectivity index (χ1v) is 9.76. The van der Waals surface area contributed by atoms with Crippen LogP contribution in [0.3, 0.4) is 0 Å². The Morgan fingerprint density at radius 1 is 0.964 bits per heavy atom. The van der Waals surface area contributed by atoms with Crippen molar-refractivity contribution in [3.63, 3.8) is 0 Å². The average Bonchev–Trinajstić information content (AvgIpc) is 3.05. The average molecular weight is 393 g/mol. The largest absolute Gasteiger partial charge is 0.316 e. The normalized spacial score (nSPS) is 11.4. The highest BCUT2D eigenvalue weighted by Crippen LogP contribution is 2.28. The maximum Gasteiger partial charge on any atom is 0.123 e. The Bertz CT molecular complexity index is 1070. The summed E-state index contributed by atoms with van der Waals surface area (Å²) in [5, 5.41) is 1.88. The molecule has 0 N–H and O–H groups in total. The van der Waals surface area contributed by atoms with Crippen LogP contribution in [0.4, 0.5) is 4.39 Å². The van der Waals surface area contributed by atoms with Crippen molar-refractivity contribution in [2.75, 3.05) is 13.6 Å². The monoisotopic (exact) mass is 392 g/mol. The Balaban J connectivity index is 1.59. The zero-order chi connectivity index (χ0) is 19.5. The molecule has 0 aliphatic carbocycles. The van der Waals surface area contributed by atoms with Gasteiger partial charge in [-0.3, -0.25) is 0 Å². The third-order valence-electron chi connectivity index (χ3n) is 5.01. The summed E-state index contributed by atoms with van der Waals surface area (Å²) in [6.07, 6.45) is 3.07. The minimum absolute atomic E-state index is 0.235. The highest BCUT2D eigenvalue weighted by atomic mass is 35.5. The number of likely N-dealkylation sites (N-methyl/N-ethyl adjacent to an activating group) is 1. The molecule has 0 saturated carbocycles. The second-order valence-electron chi connectivity index (χ2n) is 7.14. The van der Waals surface area contributed by atoms with Gasteiger partial charge in [0.15, 0.2) is 0 Å². The summed E-state index contributed by atoms with van der Waals surface area (Å²) in [4.78, 5) is 2.33. The quantitative estimate of drug-likeness (QED) is 0.385. The van der Waals surface area contributed by atoms with Crippen molar-refractivity contribution in [2.24, 2.45) is 0 Å². The number of hydrogen-bond donors (Lipinski definition) is 0. The second kappa shape index (κ2) is 8.17. The number of halogens is 2. The molecule has 0 fully saturated rings. The minimum Gasteiger partial charge on any atom is -0.316 e. The summed E-state index contributed by atoms with van der Waals surface area (Å²) in [6, 6.07) is 23.0. The number of rotatable bonds is 6. The van der Waals surface area contributed by atoms with Gasteiger partial charge in [-0.05, 0) is 61.0 Å². The standard InChI is InChI=1S/C24H22ClFN2/c1-27(16-18-5-3-2-4-6-18)14-13-19-17-28(22-10-8-21(26)9-11-22)24-15-20(25)7-12-23(19)24/h2-12,15,17H,13-14,16H2,1H3. The van der Waals surface area contributed by atoms with Gasteiger partial charge in [0.1, 0.15) is 5.82 Å². The lowest BCUT2D eigenvalue weighted by molar-refractivity contribution is 0.331. The van der Waals surface area contributed by atoms with Crippen LogP contribution in [0.5, 0.6) is 0 Å². The summed E-state index contributed by atoms with van der Waals surface area (Å²) in [7, 11) is 2.14. The van der Waals surface area contributed by atoms with Crippen molar-refractivity contribution >= 4 is 22.5 Å². The van der Waals surface area contributed by atoms with Crippen LogP contribution in [0, 0.1) is 5.82 Å². The van der Waals surface area contributed by atoms with Gasteiger partial charge in [-0.15, -0.1) is 0 Å². The van der Waals surface area contributed by atoms with Gasteiger partial charge in [-0.25, -0.2) is 4.39 Å². The highest BCUT2D eigenvalue weighted by molar-refractivity contribution is 6.31. The lowest BCUT2D eigenvalue weighted by Crippen LogP contribution is -2.20. The molecule has 0 spiro atoms. The smallest absolute Gasteiger partial charge is 0.123 e. The first kappa shape index (κ1) is 18.7. The summed E-state index contributed by atoms with van der Waals surface area (Å²) in [5.41, 5.74) is 4.54. The minimum atomic E-state index is -0.235. The molecule has 3 aromatic carbocycles. The lowest BCUT2D eigenvalue weighted by atomic mass is 10.1. The third kappa shape index (κ3) is 4.11. The molecule has 0 radical (unpaired) electrons. The summed E-state index contributed by atoms with van der Waals surface area (Å²) in [5.74, 6) is -0.235. The number of hydrogen-bond acceptors (Lipinski definition) is 1. The van der Waals surface area contributed by atoms with Gasteiger partial charge in [0.25, 0.3) is 0 Å². The molecule has 1 heterocycles. The van der Waals surface area contributed by atoms with Crippen molar-refractivity contribution in [2.45, 2.75) is 13.0 Å². The number of nitrogens with zero attached hydrogens (tertiary/aromatic N) is 2. The van der Waals surface area contributed by atoms with Crippen LogP contribution in [0.25, 0.3) is 16.6 Å². The van der Waals surface area contributed by atoms with Gasteiger partial charge in [0, 0.05) is 35.4 Å². The lowest BCUT2D eigenvalue weighted by Gasteiger charge is -2.16. The molecule has 1 aromatic heterocycles. The van der Waals surface area contributed by atoms with Gasteiger partial charge >= 0.3 is 0 Å². The third-order valence-corrected chi connectivity index (χ3v) is 5.25. The van der Waals surface area contributed by atoms with Crippen LogP contribution in [0.1, 0.15) is 11.1 Å². The van der Waals surface area contributed by atoms with E-state index in [9.17, 15) is 4.39 Å². The van der Waals surface area contributed by atoms with E-state index < -0.39 is 0 Å². The number of aromatic nitrogens is 1. The summed E-state index contributed by atoms with van der Waals surface area (Å²) in [6.45, 7) is 1.86. The van der Waals surface area contributed by atoms with Crippen LogP contribution in [-0.4, -0.2) is 23.1 Å². The van der Waals surface area contributed by atoms with E-state index >= 15 is 0 Å². The Labute approximate surface area is 169 Å². The first-order chi connectivity index (χ1) is 13.6. The van der Waals surface area contributed by atoms with E-state index in [-0.39, 0.29) is 5.82 Å². The molecule has 28 heavy (non-hydrogen) atoms. The predicted octanol–water partition coefficient (Wildman–Crippen LogP) is 6.10. The molecule has 4 rings (SSSR count). The molecule has 0 amide bonds. The maximum absolute atomic E-state index is 13.3. The fourth-order valence-corrected chi connectivity index (χ4v) is 3.74. The van der Waals surface area contributed by atoms with Crippen LogP contribution < -0.4 is 0 Å². The Morgan fingerprint density at radius 2 is 1.71 bits per heavy atom. The van der Waals surface area contributed by atoms with Gasteiger partial charge in [-0.1, -0.05) is 48.0 Å². The van der Waals surface area contributed by atoms with Gasteiger partial charge < -0.3 is 9.47 Å². The number of fused-ring (bicyclic) bond motifs is 1. The molecular weight excluding hydrogens is 371 g/mol. The van der Waals surface area contributed by atoms with Gasteiger partial charge in [-0.2, -0.15) is 0 Å². The molecule has 0 unspecified atom stereocenters. The fraction of sp³-hybridized carbons (Fsp3) is 0.167. The molecule has 2 nitrogen and oxygen atoms in total. The molecule has 142 valence electrons. The van der Waals surface area contributed by atoms with Crippen molar-refractivity contribution in [3.05, 3.63) is 101 Å². The van der Waals surface area contributed by atoms with Crippen molar-refractivity contribution in [1.29, 1.82) is 0 Å². The zero-order valence-electron chi connectivity index (χ0n) is 15.8. The van der Waals surface area contributed by atoms with E-state index in [2.05, 4.69) is 53.0 Å². The molecular formula is C24H22ClFN2. The van der Waals surface area contributed by atoms with E-state index in [0.717, 1.165) is 30.7 Å². The van der Waals surface area contributed by atoms with Crippen molar-refractivity contribution in [1.82, 2.24) is 9.47 Å². The topological polar surface area (TPSA) is 8.17 Å².